The Morgan fingerprint density at radius 1 is 1.27 bits per heavy atom. The van der Waals surface area contributed by atoms with Crippen LogP contribution in [0.5, 0.6) is 0 Å². The molecule has 0 saturated carbocycles. The van der Waals surface area contributed by atoms with E-state index in [0.29, 0.717) is 17.4 Å². The van der Waals surface area contributed by atoms with Crippen LogP contribution in [0.3, 0.4) is 0 Å². The lowest BCUT2D eigenvalue weighted by molar-refractivity contribution is -0.131. The number of likely N-dealkylation sites (tertiary alicyclic amines) is 1. The number of nitrogens with zero attached hydrogens (tertiary/aromatic N) is 4. The lowest BCUT2D eigenvalue weighted by atomic mass is 9.92. The van der Waals surface area contributed by atoms with Crippen molar-refractivity contribution >= 4 is 39.9 Å². The molecule has 0 aromatic carbocycles. The van der Waals surface area contributed by atoms with Gasteiger partial charge in [-0.15, -0.1) is 11.3 Å². The van der Waals surface area contributed by atoms with Crippen molar-refractivity contribution in [3.8, 4) is 0 Å². The van der Waals surface area contributed by atoms with Crippen LogP contribution in [0.4, 0.5) is 0 Å². The van der Waals surface area contributed by atoms with E-state index in [9.17, 15) is 4.79 Å². The third kappa shape index (κ3) is 3.71. The summed E-state index contributed by atoms with van der Waals surface area (Å²) in [4.78, 5) is 28.7. The van der Waals surface area contributed by atoms with Crippen molar-refractivity contribution in [1.29, 1.82) is 0 Å². The molecular formula is C19H19ClN4OS. The Hall–Kier alpha value is -2.05. The normalized spacial score (nSPS) is 15.5. The van der Waals surface area contributed by atoms with Crippen LogP contribution in [-0.4, -0.2) is 38.8 Å². The van der Waals surface area contributed by atoms with Gasteiger partial charge in [0.05, 0.1) is 16.5 Å². The highest BCUT2D eigenvalue weighted by atomic mass is 35.5. The number of fused-ring (bicyclic) bond motifs is 1. The fraction of sp³-hybridized carbons (Fsp3) is 0.368. The third-order valence-corrected chi connectivity index (χ3v) is 5.91. The molecule has 0 spiro atoms. The summed E-state index contributed by atoms with van der Waals surface area (Å²) in [6.45, 7) is 3.51. The van der Waals surface area contributed by atoms with Crippen molar-refractivity contribution in [2.45, 2.75) is 32.1 Å². The summed E-state index contributed by atoms with van der Waals surface area (Å²) in [7, 11) is 0. The predicted molar refractivity (Wildman–Crippen MR) is 104 cm³/mol. The van der Waals surface area contributed by atoms with Gasteiger partial charge in [0, 0.05) is 47.4 Å². The molecule has 0 aliphatic carbocycles. The van der Waals surface area contributed by atoms with Gasteiger partial charge in [0.25, 0.3) is 0 Å². The van der Waals surface area contributed by atoms with Crippen LogP contribution in [0.2, 0.25) is 5.02 Å². The minimum absolute atomic E-state index is 0.190. The Kier molecular flexibility index (Phi) is 4.87. The molecule has 5 nitrogen and oxygen atoms in total. The molecule has 134 valence electrons. The van der Waals surface area contributed by atoms with E-state index in [2.05, 4.69) is 16.0 Å². The van der Waals surface area contributed by atoms with Gasteiger partial charge in [-0.1, -0.05) is 11.6 Å². The zero-order valence-corrected chi connectivity index (χ0v) is 16.1. The number of rotatable bonds is 3. The Labute approximate surface area is 161 Å². The largest absolute Gasteiger partial charge is 0.342 e. The van der Waals surface area contributed by atoms with Crippen molar-refractivity contribution in [2.75, 3.05) is 13.1 Å². The summed E-state index contributed by atoms with van der Waals surface area (Å²) >= 11 is 7.58. The SMILES string of the molecule is Cc1ncc(CC(=O)N2CCC(c3ccc4cc(Cl)cnc4n3)CC2)s1. The van der Waals surface area contributed by atoms with Crippen molar-refractivity contribution in [3.63, 3.8) is 0 Å². The number of piperidine rings is 1. The van der Waals surface area contributed by atoms with Gasteiger partial charge in [-0.05, 0) is 38.0 Å². The first kappa shape index (κ1) is 17.4. The smallest absolute Gasteiger partial charge is 0.227 e. The van der Waals surface area contributed by atoms with Gasteiger partial charge in [-0.2, -0.15) is 0 Å². The van der Waals surface area contributed by atoms with Crippen molar-refractivity contribution in [3.05, 3.63) is 51.2 Å². The fourth-order valence-corrected chi connectivity index (χ4v) is 4.35. The van der Waals surface area contributed by atoms with Crippen LogP contribution in [0.1, 0.15) is 34.3 Å². The number of aryl methyl sites for hydroxylation is 1. The van der Waals surface area contributed by atoms with Gasteiger partial charge >= 0.3 is 0 Å². The van der Waals surface area contributed by atoms with Crippen molar-refractivity contribution < 1.29 is 4.79 Å². The fourth-order valence-electron chi connectivity index (χ4n) is 3.40. The van der Waals surface area contributed by atoms with Crippen LogP contribution < -0.4 is 0 Å². The van der Waals surface area contributed by atoms with E-state index in [4.69, 9.17) is 16.6 Å². The molecule has 0 bridgehead atoms. The van der Waals surface area contributed by atoms with E-state index in [1.54, 1.807) is 17.5 Å². The highest BCUT2D eigenvalue weighted by Gasteiger charge is 2.25. The molecule has 26 heavy (non-hydrogen) atoms. The Morgan fingerprint density at radius 3 is 2.81 bits per heavy atom. The molecule has 1 aliphatic heterocycles. The van der Waals surface area contributed by atoms with Gasteiger partial charge in [-0.25, -0.2) is 15.0 Å². The highest BCUT2D eigenvalue weighted by molar-refractivity contribution is 7.11. The standard InChI is InChI=1S/C19H19ClN4OS/c1-12-21-11-16(26-12)9-18(25)24-6-4-13(5-7-24)17-3-2-14-8-15(20)10-22-19(14)23-17/h2-3,8,10-11,13H,4-7,9H2,1H3. The molecule has 4 heterocycles. The molecule has 3 aromatic heterocycles. The van der Waals surface area contributed by atoms with Gasteiger partial charge in [-0.3, -0.25) is 4.79 Å². The zero-order valence-electron chi connectivity index (χ0n) is 14.5. The minimum Gasteiger partial charge on any atom is -0.342 e. The van der Waals surface area contributed by atoms with Crippen LogP contribution in [0.15, 0.2) is 30.6 Å². The Morgan fingerprint density at radius 2 is 2.08 bits per heavy atom. The lowest BCUT2D eigenvalue weighted by Crippen LogP contribution is -2.38. The number of carbonyl (C=O) groups excluding carboxylic acids is 1. The lowest BCUT2D eigenvalue weighted by Gasteiger charge is -2.31. The number of pyridine rings is 2. The van der Waals surface area contributed by atoms with Gasteiger partial charge in [0.1, 0.15) is 0 Å². The number of halogens is 1. The minimum atomic E-state index is 0.190. The summed E-state index contributed by atoms with van der Waals surface area (Å²) in [5, 5.41) is 2.58. The predicted octanol–water partition coefficient (Wildman–Crippen LogP) is 4.00. The molecule has 0 N–H and O–H groups in total. The second-order valence-electron chi connectivity index (χ2n) is 6.61. The van der Waals surface area contributed by atoms with Crippen LogP contribution in [-0.2, 0) is 11.2 Å². The first-order chi connectivity index (χ1) is 12.6. The average molecular weight is 387 g/mol. The maximum Gasteiger partial charge on any atom is 0.227 e. The molecule has 1 saturated heterocycles. The Bertz CT molecular complexity index is 950. The molecule has 0 radical (unpaired) electrons. The van der Waals surface area contributed by atoms with Gasteiger partial charge in [0.2, 0.25) is 5.91 Å². The summed E-state index contributed by atoms with van der Waals surface area (Å²) in [5.74, 6) is 0.557. The van der Waals surface area contributed by atoms with E-state index in [1.807, 2.05) is 30.2 Å². The topological polar surface area (TPSA) is 59.0 Å². The summed E-state index contributed by atoms with van der Waals surface area (Å²) < 4.78 is 0. The number of amides is 1. The summed E-state index contributed by atoms with van der Waals surface area (Å²) in [6.07, 6.45) is 5.75. The van der Waals surface area contributed by atoms with E-state index in [0.717, 1.165) is 52.5 Å². The average Bonchev–Trinajstić information content (AvgIpc) is 3.06. The summed E-state index contributed by atoms with van der Waals surface area (Å²) in [5.41, 5.74) is 1.78. The maximum absolute atomic E-state index is 12.5. The molecule has 0 unspecified atom stereocenters. The van der Waals surface area contributed by atoms with E-state index in [-0.39, 0.29) is 5.91 Å². The van der Waals surface area contributed by atoms with E-state index in [1.165, 1.54) is 0 Å². The Balaban J connectivity index is 1.40. The first-order valence-electron chi connectivity index (χ1n) is 8.70. The van der Waals surface area contributed by atoms with Crippen LogP contribution >= 0.6 is 22.9 Å². The molecule has 3 aromatic rings. The van der Waals surface area contributed by atoms with Crippen LogP contribution in [0.25, 0.3) is 11.0 Å². The molecule has 1 amide bonds. The molecular weight excluding hydrogens is 368 g/mol. The zero-order chi connectivity index (χ0) is 18.1. The molecule has 4 rings (SSSR count). The number of aromatic nitrogens is 3. The molecule has 1 fully saturated rings. The first-order valence-corrected chi connectivity index (χ1v) is 9.89. The molecule has 7 heteroatoms. The number of carbonyl (C=O) groups is 1. The van der Waals surface area contributed by atoms with Crippen LogP contribution in [0, 0.1) is 6.92 Å². The quantitative estimate of drug-likeness (QED) is 0.682. The van der Waals surface area contributed by atoms with E-state index < -0.39 is 0 Å². The second-order valence-corrected chi connectivity index (χ2v) is 8.37. The van der Waals surface area contributed by atoms with Gasteiger partial charge < -0.3 is 4.90 Å². The molecule has 0 atom stereocenters. The monoisotopic (exact) mass is 386 g/mol. The third-order valence-electron chi connectivity index (χ3n) is 4.79. The van der Waals surface area contributed by atoms with Crippen molar-refractivity contribution in [1.82, 2.24) is 19.9 Å². The summed E-state index contributed by atoms with van der Waals surface area (Å²) in [6, 6.07) is 5.96. The highest BCUT2D eigenvalue weighted by Crippen LogP contribution is 2.28. The second kappa shape index (κ2) is 7.29. The van der Waals surface area contributed by atoms with Gasteiger partial charge in [0.15, 0.2) is 5.65 Å². The maximum atomic E-state index is 12.5. The molecule has 1 aliphatic rings. The van der Waals surface area contributed by atoms with Crippen molar-refractivity contribution in [2.24, 2.45) is 0 Å². The number of hydrogen-bond donors (Lipinski definition) is 0. The number of thiazole rings is 1. The number of hydrogen-bond acceptors (Lipinski definition) is 5. The van der Waals surface area contributed by atoms with E-state index >= 15 is 0 Å².